The first-order valence-corrected chi connectivity index (χ1v) is 14.2. The average molecular weight is 621 g/mol. The molecule has 0 unspecified atom stereocenters. The Hall–Kier alpha value is -4.74. The molecule has 1 N–H and O–H groups in total. The quantitative estimate of drug-likeness (QED) is 0.225. The zero-order valence-electron chi connectivity index (χ0n) is 25.8. The Morgan fingerprint density at radius 2 is 1.49 bits per heavy atom. The van der Waals surface area contributed by atoms with Gasteiger partial charge in [0.2, 0.25) is 17.3 Å². The second-order valence-corrected chi connectivity index (χ2v) is 11.6. The lowest BCUT2D eigenvalue weighted by Crippen LogP contribution is -2.77. The number of piperazine rings is 1. The molecule has 5 aliphatic rings. The Morgan fingerprint density at radius 1 is 0.911 bits per heavy atom. The van der Waals surface area contributed by atoms with E-state index in [1.54, 1.807) is 16.8 Å². The molecule has 2 aliphatic carbocycles. The number of Topliss-reactive ketones (excluding diaryl/α,β-unsaturated/α-hetero) is 5. The number of hydrogen-bond acceptors (Lipinski definition) is 13. The Kier molecular flexibility index (Phi) is 7.97. The van der Waals surface area contributed by atoms with E-state index in [2.05, 4.69) is 11.4 Å². The highest BCUT2D eigenvalue weighted by atomic mass is 16.5. The van der Waals surface area contributed by atoms with Crippen molar-refractivity contribution in [2.45, 2.75) is 70.4 Å². The van der Waals surface area contributed by atoms with E-state index in [1.807, 2.05) is 0 Å². The van der Waals surface area contributed by atoms with Crippen LogP contribution < -0.4 is 5.32 Å². The number of nitriles is 1. The number of likely N-dealkylation sites (N-methyl/N-ethyl adjacent to an activating group) is 1. The fourth-order valence-electron chi connectivity index (χ4n) is 7.49. The number of ketones is 5. The third kappa shape index (κ3) is 4.48. The maximum Gasteiger partial charge on any atom is 0.303 e. The van der Waals surface area contributed by atoms with Gasteiger partial charge in [-0.2, -0.15) is 5.26 Å². The average Bonchev–Trinajstić information content (AvgIpc) is 2.98. The number of nitrogens with zero attached hydrogens (tertiary/aromatic N) is 3. The summed E-state index contributed by atoms with van der Waals surface area (Å²) in [4.78, 5) is 95.5. The van der Waals surface area contributed by atoms with Gasteiger partial charge in [0, 0.05) is 54.3 Å². The second kappa shape index (κ2) is 11.3. The fraction of sp³-hybridized carbons (Fsp3) is 0.484. The molecule has 0 aromatic heterocycles. The molecule has 1 amide bonds. The van der Waals surface area contributed by atoms with Gasteiger partial charge in [-0.25, -0.2) is 0 Å². The van der Waals surface area contributed by atoms with Gasteiger partial charge >= 0.3 is 5.97 Å². The number of amides is 1. The number of fused-ring (bicyclic) bond motifs is 5. The van der Waals surface area contributed by atoms with Crippen molar-refractivity contribution >= 4 is 40.8 Å². The highest BCUT2D eigenvalue weighted by molar-refractivity contribution is 6.35. The van der Waals surface area contributed by atoms with Crippen molar-refractivity contribution in [2.24, 2.45) is 0 Å². The topological polar surface area (TPSA) is 189 Å². The maximum absolute atomic E-state index is 14.1. The maximum atomic E-state index is 14.1. The van der Waals surface area contributed by atoms with Crippen LogP contribution in [0.25, 0.3) is 0 Å². The number of carbonyl (C=O) groups is 7. The van der Waals surface area contributed by atoms with E-state index in [1.165, 1.54) is 28.1 Å². The van der Waals surface area contributed by atoms with Crippen LogP contribution in [-0.4, -0.2) is 115 Å². The van der Waals surface area contributed by atoms with Crippen molar-refractivity contribution in [3.05, 3.63) is 45.0 Å². The van der Waals surface area contributed by atoms with Gasteiger partial charge in [-0.1, -0.05) is 0 Å². The van der Waals surface area contributed by atoms with Crippen molar-refractivity contribution in [3.8, 4) is 6.07 Å². The van der Waals surface area contributed by atoms with Gasteiger partial charge in [0.1, 0.15) is 12.1 Å². The molecule has 6 atom stereocenters. The van der Waals surface area contributed by atoms with E-state index in [0.717, 1.165) is 13.8 Å². The molecule has 0 radical (unpaired) electrons. The molecule has 1 fully saturated rings. The zero-order valence-corrected chi connectivity index (χ0v) is 25.8. The summed E-state index contributed by atoms with van der Waals surface area (Å²) in [5.41, 5.74) is 0.125. The monoisotopic (exact) mass is 620 g/mol. The number of rotatable bonds is 6. The normalized spacial score (nSPS) is 30.0. The molecule has 5 rings (SSSR count). The Bertz CT molecular complexity index is 1670. The molecule has 0 aromatic carbocycles. The zero-order chi connectivity index (χ0) is 33.2. The number of allylic oxidation sites excluding steroid dienone is 4. The molecule has 45 heavy (non-hydrogen) atoms. The molecule has 14 nitrogen and oxygen atoms in total. The second-order valence-electron chi connectivity index (χ2n) is 11.6. The standard InChI is InChI=1S/C31H32N4O10/c1-11-24(38)15-8-16-22-20-21(25(39)12(2)29(44-7)27(20)41)30(45-14(4)37)23(34(22)5)17(9-32)35(16)18(10-33-31(42)13(3)36)19(15)26(40)28(11)43-6/h16-18,22-23,30H,8,10H2,1-7H3,(H,33,42)/t16-,17-,18-,22-,23+,30-/m0/s1. The molecule has 0 saturated carbocycles. The summed E-state index contributed by atoms with van der Waals surface area (Å²) in [5.74, 6) is -5.17. The molecule has 0 aromatic rings. The molecule has 0 spiro atoms. The fourth-order valence-corrected chi connectivity index (χ4v) is 7.49. The van der Waals surface area contributed by atoms with Gasteiger partial charge in [-0.05, 0) is 27.3 Å². The molecule has 236 valence electrons. The van der Waals surface area contributed by atoms with Gasteiger partial charge in [0.15, 0.2) is 23.1 Å². The van der Waals surface area contributed by atoms with Gasteiger partial charge in [-0.3, -0.25) is 43.4 Å². The lowest BCUT2D eigenvalue weighted by molar-refractivity contribution is -0.157. The number of ether oxygens (including phenoxy) is 3. The Balaban J connectivity index is 1.78. The van der Waals surface area contributed by atoms with Crippen LogP contribution in [0.2, 0.25) is 0 Å². The van der Waals surface area contributed by atoms with Crippen LogP contribution in [0, 0.1) is 11.3 Å². The largest absolute Gasteiger partial charge is 0.492 e. The van der Waals surface area contributed by atoms with E-state index >= 15 is 0 Å². The van der Waals surface area contributed by atoms with Crippen molar-refractivity contribution < 1.29 is 47.8 Å². The van der Waals surface area contributed by atoms with Gasteiger partial charge in [0.25, 0.3) is 5.91 Å². The van der Waals surface area contributed by atoms with Crippen LogP contribution in [0.4, 0.5) is 0 Å². The summed E-state index contributed by atoms with van der Waals surface area (Å²) in [6, 6.07) is -2.92. The van der Waals surface area contributed by atoms with Crippen molar-refractivity contribution in [1.82, 2.24) is 15.1 Å². The summed E-state index contributed by atoms with van der Waals surface area (Å²) in [7, 11) is 4.14. The van der Waals surface area contributed by atoms with Crippen molar-refractivity contribution in [3.63, 3.8) is 0 Å². The number of esters is 1. The van der Waals surface area contributed by atoms with E-state index in [-0.39, 0.29) is 57.9 Å². The van der Waals surface area contributed by atoms with E-state index in [9.17, 15) is 38.8 Å². The van der Waals surface area contributed by atoms with Crippen molar-refractivity contribution in [1.29, 1.82) is 5.26 Å². The molecular formula is C31H32N4O10. The Morgan fingerprint density at radius 3 is 2.02 bits per heavy atom. The summed E-state index contributed by atoms with van der Waals surface area (Å²) >= 11 is 0. The lowest BCUT2D eigenvalue weighted by Gasteiger charge is -2.61. The first-order valence-electron chi connectivity index (χ1n) is 14.2. The minimum absolute atomic E-state index is 0.00570. The Labute approximate surface area is 258 Å². The van der Waals surface area contributed by atoms with Crippen LogP contribution in [-0.2, 0) is 47.8 Å². The predicted octanol–water partition coefficient (Wildman–Crippen LogP) is -0.608. The van der Waals surface area contributed by atoms with Gasteiger partial charge < -0.3 is 19.5 Å². The number of hydrogen-bond donors (Lipinski definition) is 1. The van der Waals surface area contributed by atoms with E-state index in [4.69, 9.17) is 14.2 Å². The first kappa shape index (κ1) is 31.7. The smallest absolute Gasteiger partial charge is 0.303 e. The molecule has 3 heterocycles. The highest BCUT2D eigenvalue weighted by Gasteiger charge is 2.63. The molecule has 2 bridgehead atoms. The summed E-state index contributed by atoms with van der Waals surface area (Å²) in [6.45, 7) is 4.73. The number of methoxy groups -OCH3 is 2. The van der Waals surface area contributed by atoms with Crippen LogP contribution in [0.5, 0.6) is 0 Å². The molecule has 1 saturated heterocycles. The molecular weight excluding hydrogens is 588 g/mol. The third-order valence-electron chi connectivity index (χ3n) is 9.31. The predicted molar refractivity (Wildman–Crippen MR) is 152 cm³/mol. The lowest BCUT2D eigenvalue weighted by atomic mass is 9.66. The summed E-state index contributed by atoms with van der Waals surface area (Å²) in [5, 5.41) is 13.2. The highest BCUT2D eigenvalue weighted by Crippen LogP contribution is 2.49. The first-order chi connectivity index (χ1) is 21.2. The summed E-state index contributed by atoms with van der Waals surface area (Å²) in [6.07, 6.45) is -1.47. The van der Waals surface area contributed by atoms with Crippen LogP contribution in [0.3, 0.4) is 0 Å². The van der Waals surface area contributed by atoms with Crippen LogP contribution in [0.15, 0.2) is 45.0 Å². The van der Waals surface area contributed by atoms with E-state index < -0.39 is 77.1 Å². The minimum atomic E-state index is -1.36. The summed E-state index contributed by atoms with van der Waals surface area (Å²) < 4.78 is 16.3. The number of carbonyl (C=O) groups excluding carboxylic acids is 7. The third-order valence-corrected chi connectivity index (χ3v) is 9.31. The molecule has 3 aliphatic heterocycles. The number of nitrogens with one attached hydrogen (secondary N) is 1. The van der Waals surface area contributed by atoms with Crippen LogP contribution in [0.1, 0.15) is 34.1 Å². The van der Waals surface area contributed by atoms with E-state index in [0.29, 0.717) is 0 Å². The minimum Gasteiger partial charge on any atom is -0.492 e. The molecule has 14 heteroatoms. The SMILES string of the molecule is COC1=C(C)C(=O)C2=C(C1=O)[C@@H]1[C@@H]3CC4=C(C(=O)C(OC)=C(C)C4=O)[C@H](CNC(=O)C(C)=O)N3[C@@H](C#N)[C@H]([C@H]2OC(C)=O)N1C. The van der Waals surface area contributed by atoms with Gasteiger partial charge in [-0.15, -0.1) is 0 Å². The van der Waals surface area contributed by atoms with Gasteiger partial charge in [0.05, 0.1) is 44.0 Å². The van der Waals surface area contributed by atoms with Crippen LogP contribution >= 0.6 is 0 Å². The van der Waals surface area contributed by atoms with Crippen molar-refractivity contribution in [2.75, 3.05) is 27.8 Å².